The summed E-state index contributed by atoms with van der Waals surface area (Å²) in [5.41, 5.74) is 5.68. The molecule has 0 saturated carbocycles. The van der Waals surface area contributed by atoms with Crippen LogP contribution in [0.1, 0.15) is 35.8 Å². The molecule has 1 aromatic rings. The quantitative estimate of drug-likeness (QED) is 0.683. The highest BCUT2D eigenvalue weighted by atomic mass is 35.6. The van der Waals surface area contributed by atoms with Crippen LogP contribution in [0.25, 0.3) is 0 Å². The molecule has 8 heteroatoms. The topological polar surface area (TPSA) is 78.3 Å². The van der Waals surface area contributed by atoms with Crippen molar-refractivity contribution in [3.05, 3.63) is 17.8 Å². The minimum atomic E-state index is -1.65. The molecule has 1 rings (SSSR count). The lowest BCUT2D eigenvalue weighted by molar-refractivity contribution is 0.0505. The monoisotopic (exact) mass is 300 g/mol. The Morgan fingerprint density at radius 3 is 2.82 bits per heavy atom. The first-order chi connectivity index (χ1) is 7.83. The number of nitrogens with zero attached hydrogens (tertiary/aromatic N) is 1. The number of alkyl halides is 3. The van der Waals surface area contributed by atoms with Crippen LogP contribution in [0.2, 0.25) is 0 Å². The van der Waals surface area contributed by atoms with Gasteiger partial charge in [0, 0.05) is 0 Å². The third-order valence-electron chi connectivity index (χ3n) is 1.86. The molecule has 17 heavy (non-hydrogen) atoms. The van der Waals surface area contributed by atoms with E-state index in [-0.39, 0.29) is 24.2 Å². The third kappa shape index (κ3) is 4.71. The standard InChI is InChI=1S/C9H11Cl3N2O3/c1-2-5(13)7-14-6(3-16-7)8(15)17-4-9(10,11)12/h3,5H,2,4,13H2,1H3. The van der Waals surface area contributed by atoms with Crippen molar-refractivity contribution >= 4 is 40.8 Å². The van der Waals surface area contributed by atoms with Crippen LogP contribution in [0.15, 0.2) is 10.7 Å². The Labute approximate surface area is 113 Å². The summed E-state index contributed by atoms with van der Waals surface area (Å²) in [4.78, 5) is 15.3. The van der Waals surface area contributed by atoms with Crippen LogP contribution in [-0.2, 0) is 4.74 Å². The molecule has 0 spiro atoms. The van der Waals surface area contributed by atoms with Gasteiger partial charge in [0.25, 0.3) is 0 Å². The van der Waals surface area contributed by atoms with Gasteiger partial charge in [-0.1, -0.05) is 41.7 Å². The Morgan fingerprint density at radius 1 is 1.65 bits per heavy atom. The minimum absolute atomic E-state index is 0.00171. The van der Waals surface area contributed by atoms with Crippen molar-refractivity contribution in [3.8, 4) is 0 Å². The first-order valence-corrected chi connectivity index (χ1v) is 5.91. The molecule has 0 saturated heterocycles. The molecule has 0 radical (unpaired) electrons. The zero-order valence-corrected chi connectivity index (χ0v) is 11.2. The number of nitrogens with two attached hydrogens (primary N) is 1. The maximum Gasteiger partial charge on any atom is 0.360 e. The summed E-state index contributed by atoms with van der Waals surface area (Å²) in [5.74, 6) is -0.456. The molecular formula is C9H11Cl3N2O3. The molecule has 0 aromatic carbocycles. The SMILES string of the molecule is CCC(N)c1nc(C(=O)OCC(Cl)(Cl)Cl)co1. The van der Waals surface area contributed by atoms with Gasteiger partial charge in [0.15, 0.2) is 5.69 Å². The summed E-state index contributed by atoms with van der Waals surface area (Å²) >= 11 is 16.3. The molecule has 0 bridgehead atoms. The molecule has 1 aromatic heterocycles. The summed E-state index contributed by atoms with van der Waals surface area (Å²) in [6.07, 6.45) is 1.80. The van der Waals surface area contributed by atoms with Gasteiger partial charge in [-0.05, 0) is 6.42 Å². The van der Waals surface area contributed by atoms with Gasteiger partial charge in [-0.15, -0.1) is 0 Å². The Hall–Kier alpha value is -0.490. The molecule has 1 heterocycles. The molecule has 0 aliphatic rings. The van der Waals surface area contributed by atoms with Crippen molar-refractivity contribution in [1.82, 2.24) is 4.98 Å². The van der Waals surface area contributed by atoms with Crippen molar-refractivity contribution < 1.29 is 13.9 Å². The first-order valence-electron chi connectivity index (χ1n) is 4.78. The van der Waals surface area contributed by atoms with Gasteiger partial charge in [0.05, 0.1) is 6.04 Å². The number of carbonyl (C=O) groups is 1. The van der Waals surface area contributed by atoms with Gasteiger partial charge in [0.1, 0.15) is 12.9 Å². The van der Waals surface area contributed by atoms with E-state index in [1.165, 1.54) is 0 Å². The lowest BCUT2D eigenvalue weighted by atomic mass is 10.2. The van der Waals surface area contributed by atoms with E-state index in [0.29, 0.717) is 6.42 Å². The number of esters is 1. The fraction of sp³-hybridized carbons (Fsp3) is 0.556. The number of aromatic nitrogens is 1. The molecule has 5 nitrogen and oxygen atoms in total. The maximum absolute atomic E-state index is 11.5. The smallest absolute Gasteiger partial charge is 0.360 e. The molecule has 0 aliphatic carbocycles. The van der Waals surface area contributed by atoms with Crippen molar-refractivity contribution in [2.24, 2.45) is 5.73 Å². The first kappa shape index (κ1) is 14.6. The number of hydrogen-bond donors (Lipinski definition) is 1. The predicted molar refractivity (Wildman–Crippen MR) is 64.3 cm³/mol. The number of ether oxygens (including phenoxy) is 1. The molecule has 0 aliphatic heterocycles. The van der Waals surface area contributed by atoms with Gasteiger partial charge >= 0.3 is 5.97 Å². The van der Waals surface area contributed by atoms with E-state index < -0.39 is 9.76 Å². The second-order valence-corrected chi connectivity index (χ2v) is 5.79. The van der Waals surface area contributed by atoms with E-state index in [4.69, 9.17) is 49.7 Å². The van der Waals surface area contributed by atoms with Crippen LogP contribution in [0, 0.1) is 0 Å². The van der Waals surface area contributed by atoms with E-state index in [1.54, 1.807) is 0 Å². The lowest BCUT2D eigenvalue weighted by Crippen LogP contribution is -2.17. The second-order valence-electron chi connectivity index (χ2n) is 3.28. The Balaban J connectivity index is 2.61. The van der Waals surface area contributed by atoms with Crippen LogP contribution in [0.5, 0.6) is 0 Å². The Bertz CT molecular complexity index is 389. The fourth-order valence-electron chi connectivity index (χ4n) is 0.948. The average Bonchev–Trinajstić information content (AvgIpc) is 2.73. The van der Waals surface area contributed by atoms with Gasteiger partial charge in [-0.25, -0.2) is 9.78 Å². The summed E-state index contributed by atoms with van der Waals surface area (Å²) in [7, 11) is 0. The minimum Gasteiger partial charge on any atom is -0.456 e. The number of halogens is 3. The maximum atomic E-state index is 11.5. The van der Waals surface area contributed by atoms with Crippen molar-refractivity contribution in [3.63, 3.8) is 0 Å². The zero-order valence-electron chi connectivity index (χ0n) is 8.95. The second kappa shape index (κ2) is 5.91. The fourth-order valence-corrected chi connectivity index (χ4v) is 1.11. The highest BCUT2D eigenvalue weighted by Crippen LogP contribution is 2.26. The van der Waals surface area contributed by atoms with E-state index in [0.717, 1.165) is 6.26 Å². The summed E-state index contributed by atoms with van der Waals surface area (Å²) in [5, 5.41) is 0. The molecule has 1 unspecified atom stereocenters. The predicted octanol–water partition coefficient (Wildman–Crippen LogP) is 2.61. The van der Waals surface area contributed by atoms with Crippen molar-refractivity contribution in [1.29, 1.82) is 0 Å². The summed E-state index contributed by atoms with van der Waals surface area (Å²) in [6, 6.07) is -0.357. The molecule has 96 valence electrons. The molecule has 1 atom stereocenters. The van der Waals surface area contributed by atoms with E-state index in [9.17, 15) is 4.79 Å². The van der Waals surface area contributed by atoms with E-state index >= 15 is 0 Å². The number of hydrogen-bond acceptors (Lipinski definition) is 5. The van der Waals surface area contributed by atoms with Crippen LogP contribution in [-0.4, -0.2) is 21.4 Å². The number of carbonyl (C=O) groups excluding carboxylic acids is 1. The van der Waals surface area contributed by atoms with Crippen LogP contribution in [0.4, 0.5) is 0 Å². The van der Waals surface area contributed by atoms with E-state index in [2.05, 4.69) is 4.98 Å². The van der Waals surface area contributed by atoms with Gasteiger partial charge in [-0.3, -0.25) is 0 Å². The average molecular weight is 302 g/mol. The normalized spacial score (nSPS) is 13.5. The van der Waals surface area contributed by atoms with Crippen LogP contribution >= 0.6 is 34.8 Å². The largest absolute Gasteiger partial charge is 0.456 e. The zero-order chi connectivity index (χ0) is 13.1. The molecular weight excluding hydrogens is 290 g/mol. The highest BCUT2D eigenvalue weighted by molar-refractivity contribution is 6.67. The molecule has 2 N–H and O–H groups in total. The van der Waals surface area contributed by atoms with Gasteiger partial charge < -0.3 is 14.9 Å². The van der Waals surface area contributed by atoms with E-state index in [1.807, 2.05) is 6.92 Å². The highest BCUT2D eigenvalue weighted by Gasteiger charge is 2.24. The molecule has 0 amide bonds. The lowest BCUT2D eigenvalue weighted by Gasteiger charge is -2.09. The number of rotatable bonds is 4. The summed E-state index contributed by atoms with van der Waals surface area (Å²) < 4.78 is 8.10. The van der Waals surface area contributed by atoms with Crippen molar-refractivity contribution in [2.45, 2.75) is 23.2 Å². The van der Waals surface area contributed by atoms with Crippen LogP contribution in [0.3, 0.4) is 0 Å². The Morgan fingerprint density at radius 2 is 2.29 bits per heavy atom. The van der Waals surface area contributed by atoms with Gasteiger partial charge in [0.2, 0.25) is 9.68 Å². The van der Waals surface area contributed by atoms with Crippen molar-refractivity contribution in [2.75, 3.05) is 6.61 Å². The van der Waals surface area contributed by atoms with Crippen LogP contribution < -0.4 is 5.73 Å². The summed E-state index contributed by atoms with van der Waals surface area (Å²) in [6.45, 7) is 1.51. The molecule has 0 fully saturated rings. The van der Waals surface area contributed by atoms with Gasteiger partial charge in [-0.2, -0.15) is 0 Å². The number of oxazole rings is 1. The third-order valence-corrected chi connectivity index (χ3v) is 2.18. The Kier molecular flexibility index (Phi) is 5.06.